The van der Waals surface area contributed by atoms with Crippen LogP contribution in [0.5, 0.6) is 5.75 Å². The van der Waals surface area contributed by atoms with Gasteiger partial charge in [-0.1, -0.05) is 32.6 Å². The number of carbonyl (C=O) groups excluding carboxylic acids is 1. The van der Waals surface area contributed by atoms with Crippen molar-refractivity contribution in [3.63, 3.8) is 0 Å². The number of rotatable bonds is 12. The highest BCUT2D eigenvalue weighted by atomic mass is 28.3. The van der Waals surface area contributed by atoms with E-state index in [-0.39, 0.29) is 18.7 Å². The molecule has 3 aromatic rings. The Kier molecular flexibility index (Phi) is 9.41. The van der Waals surface area contributed by atoms with Crippen molar-refractivity contribution < 1.29 is 24.2 Å². The number of likely N-dealkylation sites (tertiary alicyclic amines) is 1. The van der Waals surface area contributed by atoms with Crippen molar-refractivity contribution in [2.45, 2.75) is 84.4 Å². The van der Waals surface area contributed by atoms with Crippen molar-refractivity contribution in [2.75, 3.05) is 26.3 Å². The Morgan fingerprint density at radius 1 is 1.12 bits per heavy atom. The molecule has 2 aliphatic rings. The number of aryl methyl sites for hydroxylation is 1. The summed E-state index contributed by atoms with van der Waals surface area (Å²) in [6.45, 7) is 13.4. The lowest BCUT2D eigenvalue weighted by molar-refractivity contribution is 0.0874. The third kappa shape index (κ3) is 7.38. The van der Waals surface area contributed by atoms with Crippen molar-refractivity contribution in [3.05, 3.63) is 41.3 Å². The molecule has 2 N–H and O–H groups in total. The standard InChI is InChI=1S/C32H45N5O5Si/c1-6-22-9-10-26(42-18-23-7-8-23)25(17-22)28-30-29(34-19-33-28)27(21(2)37(30)20-41-15-16-43(3,4)5)31(38)35-24-11-13-36(14-12-24)32(39)40/h9-10,17,19,23-24H,6-8,11-16,18,20H2,1-5H3,(H,35,38)(H,39,40). The highest BCUT2D eigenvalue weighted by Crippen LogP contribution is 2.38. The molecule has 3 heterocycles. The molecule has 1 saturated heterocycles. The highest BCUT2D eigenvalue weighted by Gasteiger charge is 2.29. The molecule has 0 atom stereocenters. The predicted molar refractivity (Wildman–Crippen MR) is 169 cm³/mol. The maximum atomic E-state index is 13.9. The van der Waals surface area contributed by atoms with Gasteiger partial charge in [-0.25, -0.2) is 14.8 Å². The Labute approximate surface area is 254 Å². The van der Waals surface area contributed by atoms with Gasteiger partial charge in [0.15, 0.2) is 0 Å². The minimum absolute atomic E-state index is 0.112. The number of benzene rings is 1. The van der Waals surface area contributed by atoms with Crippen LogP contribution in [0, 0.1) is 12.8 Å². The van der Waals surface area contributed by atoms with Crippen LogP contribution in [-0.2, 0) is 17.9 Å². The zero-order valence-electron chi connectivity index (χ0n) is 26.1. The van der Waals surface area contributed by atoms with E-state index in [1.54, 1.807) is 0 Å². The SMILES string of the molecule is CCc1ccc(OCC2CC2)c(-c2ncnc3c(C(=O)NC4CCN(C(=O)O)CC4)c(C)n(COCC[Si](C)(C)C)c23)c1. The van der Waals surface area contributed by atoms with Crippen molar-refractivity contribution in [1.82, 2.24) is 24.8 Å². The number of fused-ring (bicyclic) bond motifs is 1. The van der Waals surface area contributed by atoms with E-state index in [2.05, 4.69) is 49.0 Å². The fourth-order valence-electron chi connectivity index (χ4n) is 5.53. The molecule has 0 unspecified atom stereocenters. The number of piperidine rings is 1. The van der Waals surface area contributed by atoms with Gasteiger partial charge >= 0.3 is 6.09 Å². The van der Waals surface area contributed by atoms with E-state index in [4.69, 9.17) is 14.5 Å². The molecule has 1 aliphatic heterocycles. The van der Waals surface area contributed by atoms with Gasteiger partial charge < -0.3 is 29.4 Å². The minimum Gasteiger partial charge on any atom is -0.493 e. The number of nitrogens with zero attached hydrogens (tertiary/aromatic N) is 4. The second-order valence-electron chi connectivity index (χ2n) is 13.1. The van der Waals surface area contributed by atoms with Gasteiger partial charge in [0, 0.05) is 45.1 Å². The number of hydrogen-bond donors (Lipinski definition) is 2. The Morgan fingerprint density at radius 2 is 1.86 bits per heavy atom. The van der Waals surface area contributed by atoms with Crippen LogP contribution in [0.15, 0.2) is 24.5 Å². The van der Waals surface area contributed by atoms with E-state index >= 15 is 0 Å². The summed E-state index contributed by atoms with van der Waals surface area (Å²) < 4.78 is 14.6. The topological polar surface area (TPSA) is 119 Å². The van der Waals surface area contributed by atoms with Crippen molar-refractivity contribution >= 4 is 31.1 Å². The van der Waals surface area contributed by atoms with Crippen LogP contribution in [0.4, 0.5) is 4.79 Å². The van der Waals surface area contributed by atoms with Gasteiger partial charge in [0.05, 0.1) is 17.7 Å². The summed E-state index contributed by atoms with van der Waals surface area (Å²) in [5, 5.41) is 12.5. The number of nitrogens with one attached hydrogen (secondary N) is 1. The summed E-state index contributed by atoms with van der Waals surface area (Å²) in [4.78, 5) is 36.0. The third-order valence-corrected chi connectivity index (χ3v) is 10.2. The van der Waals surface area contributed by atoms with E-state index in [0.29, 0.717) is 56.1 Å². The number of ether oxygens (including phenoxy) is 2. The van der Waals surface area contributed by atoms with Crippen LogP contribution in [0.3, 0.4) is 0 Å². The monoisotopic (exact) mass is 607 g/mol. The maximum absolute atomic E-state index is 13.9. The molecule has 1 saturated carbocycles. The summed E-state index contributed by atoms with van der Waals surface area (Å²) in [7, 11) is -1.29. The van der Waals surface area contributed by atoms with Crippen molar-refractivity contribution in [3.8, 4) is 17.0 Å². The number of carboxylic acid groups (broad SMARTS) is 1. The Balaban J connectivity index is 1.53. The maximum Gasteiger partial charge on any atom is 0.407 e. The van der Waals surface area contributed by atoms with Gasteiger partial charge in [0.1, 0.15) is 30.0 Å². The largest absolute Gasteiger partial charge is 0.493 e. The molecule has 5 rings (SSSR count). The molecule has 1 aromatic carbocycles. The molecule has 232 valence electrons. The Morgan fingerprint density at radius 3 is 2.51 bits per heavy atom. The quantitative estimate of drug-likeness (QED) is 0.193. The van der Waals surface area contributed by atoms with Crippen LogP contribution in [-0.4, -0.2) is 77.0 Å². The molecule has 43 heavy (non-hydrogen) atoms. The van der Waals surface area contributed by atoms with Crippen molar-refractivity contribution in [2.24, 2.45) is 5.92 Å². The van der Waals surface area contributed by atoms with E-state index < -0.39 is 14.2 Å². The molecule has 2 fully saturated rings. The van der Waals surface area contributed by atoms with Gasteiger partial charge in [0.25, 0.3) is 5.91 Å². The van der Waals surface area contributed by atoms with Gasteiger partial charge in [-0.05, 0) is 68.7 Å². The molecular weight excluding hydrogens is 562 g/mol. The van der Waals surface area contributed by atoms with Crippen LogP contribution in [0.1, 0.15) is 54.2 Å². The lowest BCUT2D eigenvalue weighted by Crippen LogP contribution is -2.46. The number of carbonyl (C=O) groups is 2. The lowest BCUT2D eigenvalue weighted by atomic mass is 10.0. The lowest BCUT2D eigenvalue weighted by Gasteiger charge is -2.30. The number of hydrogen-bond acceptors (Lipinski definition) is 6. The van der Waals surface area contributed by atoms with Gasteiger partial charge in [-0.2, -0.15) is 0 Å². The summed E-state index contributed by atoms with van der Waals surface area (Å²) in [6, 6.07) is 7.20. The minimum atomic E-state index is -1.29. The fourth-order valence-corrected chi connectivity index (χ4v) is 6.29. The summed E-state index contributed by atoms with van der Waals surface area (Å²) >= 11 is 0. The zero-order valence-corrected chi connectivity index (χ0v) is 27.1. The zero-order chi connectivity index (χ0) is 30.7. The fraction of sp³-hybridized carbons (Fsp3) is 0.562. The van der Waals surface area contributed by atoms with Gasteiger partial charge in [-0.15, -0.1) is 0 Å². The summed E-state index contributed by atoms with van der Waals surface area (Å²) in [5.41, 5.74) is 5.37. The highest BCUT2D eigenvalue weighted by molar-refractivity contribution is 6.76. The first-order chi connectivity index (χ1) is 20.6. The average Bonchev–Trinajstić information content (AvgIpc) is 3.76. The molecule has 0 spiro atoms. The first-order valence-corrected chi connectivity index (χ1v) is 19.2. The Bertz CT molecular complexity index is 1470. The molecule has 0 radical (unpaired) electrons. The molecular formula is C32H45N5O5Si. The average molecular weight is 608 g/mol. The van der Waals surface area contributed by atoms with Gasteiger partial charge in [0.2, 0.25) is 0 Å². The van der Waals surface area contributed by atoms with Crippen LogP contribution in [0.25, 0.3) is 22.3 Å². The van der Waals surface area contributed by atoms with Gasteiger partial charge in [-0.3, -0.25) is 4.79 Å². The van der Waals surface area contributed by atoms with E-state index in [9.17, 15) is 14.7 Å². The smallest absolute Gasteiger partial charge is 0.407 e. The number of amides is 2. The molecule has 0 bridgehead atoms. The predicted octanol–water partition coefficient (Wildman–Crippen LogP) is 5.94. The number of aromatic nitrogens is 3. The van der Waals surface area contributed by atoms with E-state index in [0.717, 1.165) is 40.7 Å². The third-order valence-electron chi connectivity index (χ3n) is 8.52. The van der Waals surface area contributed by atoms with Crippen LogP contribution < -0.4 is 10.1 Å². The second-order valence-corrected chi connectivity index (χ2v) is 18.7. The molecule has 1 aliphatic carbocycles. The normalized spacial score (nSPS) is 16.1. The second kappa shape index (κ2) is 13.0. The first kappa shape index (κ1) is 31.0. The van der Waals surface area contributed by atoms with Crippen LogP contribution >= 0.6 is 0 Å². The molecule has 11 heteroatoms. The summed E-state index contributed by atoms with van der Waals surface area (Å²) in [5.74, 6) is 1.17. The molecule has 2 aromatic heterocycles. The van der Waals surface area contributed by atoms with Crippen molar-refractivity contribution in [1.29, 1.82) is 0 Å². The van der Waals surface area contributed by atoms with Crippen LogP contribution in [0.2, 0.25) is 25.7 Å². The molecule has 10 nitrogen and oxygen atoms in total. The van der Waals surface area contributed by atoms with E-state index in [1.807, 2.05) is 17.6 Å². The van der Waals surface area contributed by atoms with E-state index in [1.165, 1.54) is 29.6 Å². The summed E-state index contributed by atoms with van der Waals surface area (Å²) in [6.07, 6.45) is 5.02. The molecule has 2 amide bonds. The first-order valence-electron chi connectivity index (χ1n) is 15.5. The Hall–Kier alpha value is -3.44.